The maximum absolute atomic E-state index is 12.6. The first-order valence-electron chi connectivity index (χ1n) is 4.96. The molecular weight excluding hydrogens is 225 g/mol. The minimum absolute atomic E-state index is 0.355. The lowest BCUT2D eigenvalue weighted by Crippen LogP contribution is -2.37. The first kappa shape index (κ1) is 12.9. The fraction of sp³-hybridized carbons (Fsp3) is 0.167. The summed E-state index contributed by atoms with van der Waals surface area (Å²) in [6.45, 7) is 1.37. The van der Waals surface area contributed by atoms with Gasteiger partial charge in [0, 0.05) is 6.08 Å². The molecule has 0 aromatic heterocycles. The lowest BCUT2D eigenvalue weighted by molar-refractivity contribution is -0.140. The smallest absolute Gasteiger partial charge is 0.325 e. The third-order valence-electron chi connectivity index (χ3n) is 2.03. The van der Waals surface area contributed by atoms with E-state index in [0.717, 1.165) is 0 Å². The van der Waals surface area contributed by atoms with Gasteiger partial charge in [-0.2, -0.15) is 0 Å². The highest BCUT2D eigenvalue weighted by Crippen LogP contribution is 2.04. The van der Waals surface area contributed by atoms with Crippen molar-refractivity contribution in [2.75, 3.05) is 0 Å². The van der Waals surface area contributed by atoms with Crippen molar-refractivity contribution in [1.29, 1.82) is 0 Å². The van der Waals surface area contributed by atoms with Crippen LogP contribution in [0.3, 0.4) is 0 Å². The molecule has 0 saturated heterocycles. The molecule has 4 nitrogen and oxygen atoms in total. The first-order chi connectivity index (χ1) is 7.99. The molecule has 1 atom stereocenters. The van der Waals surface area contributed by atoms with E-state index in [2.05, 4.69) is 5.32 Å². The second-order valence-corrected chi connectivity index (χ2v) is 3.45. The van der Waals surface area contributed by atoms with Gasteiger partial charge < -0.3 is 10.4 Å². The van der Waals surface area contributed by atoms with Crippen molar-refractivity contribution in [3.8, 4) is 0 Å². The zero-order valence-electron chi connectivity index (χ0n) is 9.18. The minimum atomic E-state index is -1.10. The van der Waals surface area contributed by atoms with Gasteiger partial charge in [-0.15, -0.1) is 0 Å². The number of aliphatic carboxylic acids is 1. The SMILES string of the molecule is CC(NC(=O)/C=C/c1ccc(F)cc1)C(=O)O. The van der Waals surface area contributed by atoms with E-state index < -0.39 is 17.9 Å². The number of carboxylic acid groups (broad SMARTS) is 1. The zero-order chi connectivity index (χ0) is 12.8. The van der Waals surface area contributed by atoms with Gasteiger partial charge in [0.25, 0.3) is 0 Å². The van der Waals surface area contributed by atoms with E-state index in [1.165, 1.54) is 43.3 Å². The maximum Gasteiger partial charge on any atom is 0.325 e. The van der Waals surface area contributed by atoms with Crippen LogP contribution in [0.4, 0.5) is 4.39 Å². The van der Waals surface area contributed by atoms with Crippen LogP contribution in [-0.4, -0.2) is 23.0 Å². The van der Waals surface area contributed by atoms with Gasteiger partial charge in [0.15, 0.2) is 0 Å². The summed E-state index contributed by atoms with van der Waals surface area (Å²) >= 11 is 0. The summed E-state index contributed by atoms with van der Waals surface area (Å²) in [7, 11) is 0. The number of carbonyl (C=O) groups is 2. The average molecular weight is 237 g/mol. The molecule has 0 bridgehead atoms. The van der Waals surface area contributed by atoms with Crippen LogP contribution in [0.25, 0.3) is 6.08 Å². The summed E-state index contributed by atoms with van der Waals surface area (Å²) in [6, 6.07) is 4.63. The van der Waals surface area contributed by atoms with Gasteiger partial charge in [0.05, 0.1) is 0 Å². The quantitative estimate of drug-likeness (QED) is 0.778. The van der Waals surface area contributed by atoms with Gasteiger partial charge in [-0.25, -0.2) is 4.39 Å². The van der Waals surface area contributed by atoms with Crippen molar-refractivity contribution < 1.29 is 19.1 Å². The van der Waals surface area contributed by atoms with Crippen LogP contribution in [0.2, 0.25) is 0 Å². The standard InChI is InChI=1S/C12H12FNO3/c1-8(12(16)17)14-11(15)7-4-9-2-5-10(13)6-3-9/h2-8H,1H3,(H,14,15)(H,16,17)/b7-4+. The molecule has 1 aromatic carbocycles. The Kier molecular flexibility index (Phi) is 4.39. The summed E-state index contributed by atoms with van der Waals surface area (Å²) in [5.74, 6) is -1.97. The molecule has 0 aliphatic carbocycles. The molecule has 0 radical (unpaired) electrons. The van der Waals surface area contributed by atoms with E-state index in [0.29, 0.717) is 5.56 Å². The van der Waals surface area contributed by atoms with Crippen LogP contribution in [-0.2, 0) is 9.59 Å². The highest BCUT2D eigenvalue weighted by molar-refractivity contribution is 5.94. The highest BCUT2D eigenvalue weighted by atomic mass is 19.1. The predicted molar refractivity (Wildman–Crippen MR) is 60.7 cm³/mol. The molecule has 0 saturated carbocycles. The Bertz CT molecular complexity index is 440. The Morgan fingerprint density at radius 1 is 1.35 bits per heavy atom. The van der Waals surface area contributed by atoms with Gasteiger partial charge in [0.2, 0.25) is 5.91 Å². The van der Waals surface area contributed by atoms with E-state index >= 15 is 0 Å². The Labute approximate surface area is 97.8 Å². The van der Waals surface area contributed by atoms with Gasteiger partial charge in [0.1, 0.15) is 11.9 Å². The molecule has 0 heterocycles. The summed E-state index contributed by atoms with van der Waals surface area (Å²) in [5.41, 5.74) is 0.657. The van der Waals surface area contributed by atoms with E-state index in [1.54, 1.807) is 0 Å². The lowest BCUT2D eigenvalue weighted by Gasteiger charge is -2.05. The molecule has 1 aromatic rings. The van der Waals surface area contributed by atoms with E-state index in [9.17, 15) is 14.0 Å². The highest BCUT2D eigenvalue weighted by Gasteiger charge is 2.11. The predicted octanol–water partition coefficient (Wildman–Crippen LogP) is 1.43. The number of amides is 1. The van der Waals surface area contributed by atoms with E-state index in [4.69, 9.17) is 5.11 Å². The molecule has 90 valence electrons. The first-order valence-corrected chi connectivity index (χ1v) is 4.96. The monoisotopic (exact) mass is 237 g/mol. The van der Waals surface area contributed by atoms with Crippen molar-refractivity contribution in [2.24, 2.45) is 0 Å². The molecule has 0 spiro atoms. The van der Waals surface area contributed by atoms with Crippen LogP contribution in [0.5, 0.6) is 0 Å². The number of rotatable bonds is 4. The van der Waals surface area contributed by atoms with Crippen LogP contribution in [0, 0.1) is 5.82 Å². The van der Waals surface area contributed by atoms with Gasteiger partial charge >= 0.3 is 5.97 Å². The Morgan fingerprint density at radius 2 is 1.94 bits per heavy atom. The topological polar surface area (TPSA) is 66.4 Å². The number of halogens is 1. The zero-order valence-corrected chi connectivity index (χ0v) is 9.18. The normalized spacial score (nSPS) is 12.4. The molecule has 1 amide bonds. The molecular formula is C12H12FNO3. The van der Waals surface area contributed by atoms with Crippen LogP contribution >= 0.6 is 0 Å². The third kappa shape index (κ3) is 4.46. The van der Waals surface area contributed by atoms with Crippen molar-refractivity contribution in [3.63, 3.8) is 0 Å². The van der Waals surface area contributed by atoms with Crippen LogP contribution < -0.4 is 5.32 Å². The summed E-state index contributed by atoms with van der Waals surface area (Å²) < 4.78 is 12.6. The molecule has 0 aliphatic rings. The molecule has 1 rings (SSSR count). The van der Waals surface area contributed by atoms with Crippen LogP contribution in [0.15, 0.2) is 30.3 Å². The summed E-state index contributed by atoms with van der Waals surface area (Å²) in [6.07, 6.45) is 2.68. The molecule has 0 aliphatic heterocycles. The second kappa shape index (κ2) is 5.79. The number of hydrogen-bond acceptors (Lipinski definition) is 2. The Balaban J connectivity index is 2.56. The van der Waals surface area contributed by atoms with Crippen molar-refractivity contribution in [3.05, 3.63) is 41.7 Å². The number of nitrogens with one attached hydrogen (secondary N) is 1. The minimum Gasteiger partial charge on any atom is -0.480 e. The number of carboxylic acids is 1. The Morgan fingerprint density at radius 3 is 2.47 bits per heavy atom. The molecule has 5 heteroatoms. The van der Waals surface area contributed by atoms with Crippen molar-refractivity contribution in [2.45, 2.75) is 13.0 Å². The largest absolute Gasteiger partial charge is 0.480 e. The number of hydrogen-bond donors (Lipinski definition) is 2. The number of carbonyl (C=O) groups excluding carboxylic acids is 1. The number of benzene rings is 1. The van der Waals surface area contributed by atoms with E-state index in [1.807, 2.05) is 0 Å². The molecule has 2 N–H and O–H groups in total. The van der Waals surface area contributed by atoms with Crippen LogP contribution in [0.1, 0.15) is 12.5 Å². The van der Waals surface area contributed by atoms with Crippen molar-refractivity contribution in [1.82, 2.24) is 5.32 Å². The van der Waals surface area contributed by atoms with Gasteiger partial charge in [-0.3, -0.25) is 9.59 Å². The summed E-state index contributed by atoms with van der Waals surface area (Å²) in [5, 5.41) is 10.8. The van der Waals surface area contributed by atoms with Crippen molar-refractivity contribution >= 4 is 18.0 Å². The van der Waals surface area contributed by atoms with Gasteiger partial charge in [-0.1, -0.05) is 12.1 Å². The second-order valence-electron chi connectivity index (χ2n) is 3.45. The Hall–Kier alpha value is -2.17. The fourth-order valence-corrected chi connectivity index (χ4v) is 1.07. The molecule has 1 unspecified atom stereocenters. The average Bonchev–Trinajstić information content (AvgIpc) is 2.28. The van der Waals surface area contributed by atoms with Gasteiger partial charge in [-0.05, 0) is 30.7 Å². The maximum atomic E-state index is 12.6. The lowest BCUT2D eigenvalue weighted by atomic mass is 10.2. The van der Waals surface area contributed by atoms with E-state index in [-0.39, 0.29) is 5.82 Å². The fourth-order valence-electron chi connectivity index (χ4n) is 1.07. The molecule has 17 heavy (non-hydrogen) atoms. The third-order valence-corrected chi connectivity index (χ3v) is 2.03. The summed E-state index contributed by atoms with van der Waals surface area (Å²) in [4.78, 5) is 21.7. The molecule has 0 fully saturated rings.